The predicted octanol–water partition coefficient (Wildman–Crippen LogP) is 3.37. The first kappa shape index (κ1) is 23.0. The van der Waals surface area contributed by atoms with E-state index in [1.807, 2.05) is 30.3 Å². The fourth-order valence-electron chi connectivity index (χ4n) is 3.64. The summed E-state index contributed by atoms with van der Waals surface area (Å²) in [6.07, 6.45) is 7.86. The molecule has 0 spiro atoms. The molecule has 0 aliphatic heterocycles. The number of anilines is 1. The number of rotatable bonds is 6. The van der Waals surface area contributed by atoms with E-state index in [0.29, 0.717) is 23.8 Å². The SMILES string of the molecule is CN=C(NCCCc1nn(-c2ccccc2)c(N)c1C#N)NC1CCCCC1.I. The van der Waals surface area contributed by atoms with E-state index in [9.17, 15) is 5.26 Å². The Bertz CT molecular complexity index is 833. The van der Waals surface area contributed by atoms with Gasteiger partial charge in [-0.1, -0.05) is 37.5 Å². The number of aliphatic imine (C=N–C) groups is 1. The number of aromatic nitrogens is 2. The summed E-state index contributed by atoms with van der Waals surface area (Å²) in [4.78, 5) is 4.32. The lowest BCUT2D eigenvalue weighted by Gasteiger charge is -2.24. The van der Waals surface area contributed by atoms with Gasteiger partial charge in [0.15, 0.2) is 5.96 Å². The van der Waals surface area contributed by atoms with E-state index in [1.54, 1.807) is 11.7 Å². The minimum Gasteiger partial charge on any atom is -0.382 e. The van der Waals surface area contributed by atoms with Crippen LogP contribution in [0.5, 0.6) is 0 Å². The summed E-state index contributed by atoms with van der Waals surface area (Å²) in [6.45, 7) is 0.759. The molecule has 4 N–H and O–H groups in total. The molecule has 1 aromatic heterocycles. The van der Waals surface area contributed by atoms with Gasteiger partial charge in [0.2, 0.25) is 0 Å². The lowest BCUT2D eigenvalue weighted by Crippen LogP contribution is -2.44. The summed E-state index contributed by atoms with van der Waals surface area (Å²) in [5.41, 5.74) is 8.22. The van der Waals surface area contributed by atoms with Gasteiger partial charge in [-0.3, -0.25) is 4.99 Å². The third-order valence-electron chi connectivity index (χ3n) is 5.16. The van der Waals surface area contributed by atoms with E-state index in [2.05, 4.69) is 26.8 Å². The number of aryl methyl sites for hydroxylation is 1. The minimum absolute atomic E-state index is 0. The van der Waals surface area contributed by atoms with Crippen LogP contribution in [-0.2, 0) is 6.42 Å². The second kappa shape index (κ2) is 11.7. The van der Waals surface area contributed by atoms with Crippen LogP contribution in [0.15, 0.2) is 35.3 Å². The van der Waals surface area contributed by atoms with Crippen LogP contribution in [0.4, 0.5) is 5.82 Å². The number of guanidine groups is 1. The molecule has 1 aromatic carbocycles. The maximum Gasteiger partial charge on any atom is 0.191 e. The largest absolute Gasteiger partial charge is 0.382 e. The van der Waals surface area contributed by atoms with Crippen LogP contribution in [-0.4, -0.2) is 35.4 Å². The van der Waals surface area contributed by atoms with Crippen LogP contribution >= 0.6 is 24.0 Å². The molecule has 0 atom stereocenters. The molecular weight excluding hydrogens is 477 g/mol. The second-order valence-electron chi connectivity index (χ2n) is 7.15. The van der Waals surface area contributed by atoms with Gasteiger partial charge in [0.1, 0.15) is 17.5 Å². The van der Waals surface area contributed by atoms with Gasteiger partial charge in [0, 0.05) is 19.6 Å². The van der Waals surface area contributed by atoms with Gasteiger partial charge in [-0.2, -0.15) is 10.4 Å². The van der Waals surface area contributed by atoms with Gasteiger partial charge < -0.3 is 16.4 Å². The van der Waals surface area contributed by atoms with Gasteiger partial charge in [-0.05, 0) is 37.8 Å². The average Bonchev–Trinajstić information content (AvgIpc) is 3.06. The molecule has 7 nitrogen and oxygen atoms in total. The standard InChI is InChI=1S/C21H29N7.HI/c1-24-21(26-16-9-4-2-5-10-16)25-14-8-13-19-18(15-22)20(23)28(27-19)17-11-6-3-7-12-17;/h3,6-7,11-12,16H,2,4-5,8-10,13-14,23H2,1H3,(H2,24,25,26);1H. The Morgan fingerprint density at radius 1 is 1.28 bits per heavy atom. The van der Waals surface area contributed by atoms with Gasteiger partial charge in [-0.15, -0.1) is 24.0 Å². The second-order valence-corrected chi connectivity index (χ2v) is 7.15. The molecule has 3 rings (SSSR count). The molecule has 156 valence electrons. The van der Waals surface area contributed by atoms with E-state index >= 15 is 0 Å². The zero-order valence-electron chi connectivity index (χ0n) is 16.9. The van der Waals surface area contributed by atoms with Gasteiger partial charge in [0.05, 0.1) is 11.4 Å². The minimum atomic E-state index is 0. The number of nitriles is 1. The lowest BCUT2D eigenvalue weighted by atomic mass is 9.96. The van der Waals surface area contributed by atoms with Crippen LogP contribution in [0.25, 0.3) is 5.69 Å². The smallest absolute Gasteiger partial charge is 0.191 e. The van der Waals surface area contributed by atoms with Crippen molar-refractivity contribution in [1.82, 2.24) is 20.4 Å². The summed E-state index contributed by atoms with van der Waals surface area (Å²) in [5.74, 6) is 1.24. The highest BCUT2D eigenvalue weighted by atomic mass is 127. The van der Waals surface area contributed by atoms with Crippen LogP contribution in [0.1, 0.15) is 49.8 Å². The number of nitrogens with zero attached hydrogens (tertiary/aromatic N) is 4. The van der Waals surface area contributed by atoms with E-state index in [1.165, 1.54) is 32.1 Å². The lowest BCUT2D eigenvalue weighted by molar-refractivity contribution is 0.410. The van der Waals surface area contributed by atoms with Crippen LogP contribution in [0, 0.1) is 11.3 Å². The fourth-order valence-corrected chi connectivity index (χ4v) is 3.64. The van der Waals surface area contributed by atoms with Crippen molar-refractivity contribution in [2.75, 3.05) is 19.3 Å². The van der Waals surface area contributed by atoms with E-state index in [4.69, 9.17) is 5.73 Å². The molecule has 1 aliphatic carbocycles. The molecule has 0 radical (unpaired) electrons. The normalized spacial score (nSPS) is 14.7. The van der Waals surface area contributed by atoms with Crippen molar-refractivity contribution >= 4 is 35.8 Å². The number of nitrogens with one attached hydrogen (secondary N) is 2. The molecule has 29 heavy (non-hydrogen) atoms. The van der Waals surface area contributed by atoms with Crippen molar-refractivity contribution in [2.45, 2.75) is 51.0 Å². The monoisotopic (exact) mass is 507 g/mol. The number of halogens is 1. The quantitative estimate of drug-likeness (QED) is 0.241. The molecular formula is C21H30IN7. The Morgan fingerprint density at radius 3 is 2.66 bits per heavy atom. The first-order chi connectivity index (χ1) is 13.7. The molecule has 2 aromatic rings. The molecule has 0 amide bonds. The number of nitrogen functional groups attached to an aromatic ring is 1. The maximum absolute atomic E-state index is 9.50. The van der Waals surface area contributed by atoms with E-state index in [-0.39, 0.29) is 24.0 Å². The molecule has 1 saturated carbocycles. The van der Waals surface area contributed by atoms with Gasteiger partial charge >= 0.3 is 0 Å². The van der Waals surface area contributed by atoms with Gasteiger partial charge in [0.25, 0.3) is 0 Å². The third kappa shape index (κ3) is 6.10. The molecule has 1 aliphatic rings. The first-order valence-corrected chi connectivity index (χ1v) is 10.0. The van der Waals surface area contributed by atoms with Gasteiger partial charge in [-0.25, -0.2) is 4.68 Å². The Balaban J connectivity index is 0.00000300. The highest BCUT2D eigenvalue weighted by Crippen LogP contribution is 2.21. The summed E-state index contributed by atoms with van der Waals surface area (Å²) in [5, 5.41) is 20.9. The Kier molecular flexibility index (Phi) is 9.25. The zero-order chi connectivity index (χ0) is 19.8. The van der Waals surface area contributed by atoms with Crippen LogP contribution < -0.4 is 16.4 Å². The van der Waals surface area contributed by atoms with Crippen molar-refractivity contribution in [3.05, 3.63) is 41.6 Å². The summed E-state index contributed by atoms with van der Waals surface area (Å²) in [7, 11) is 1.80. The number of hydrogen-bond donors (Lipinski definition) is 3. The van der Waals surface area contributed by atoms with Crippen LogP contribution in [0.3, 0.4) is 0 Å². The van der Waals surface area contributed by atoms with Crippen molar-refractivity contribution in [2.24, 2.45) is 4.99 Å². The first-order valence-electron chi connectivity index (χ1n) is 10.0. The third-order valence-corrected chi connectivity index (χ3v) is 5.16. The van der Waals surface area contributed by atoms with Crippen molar-refractivity contribution in [1.29, 1.82) is 5.26 Å². The predicted molar refractivity (Wildman–Crippen MR) is 128 cm³/mol. The molecule has 0 unspecified atom stereocenters. The molecule has 8 heteroatoms. The molecule has 0 bridgehead atoms. The molecule has 1 fully saturated rings. The number of hydrogen-bond acceptors (Lipinski definition) is 4. The number of para-hydroxylation sites is 1. The average molecular weight is 507 g/mol. The van der Waals surface area contributed by atoms with Crippen molar-refractivity contribution in [3.8, 4) is 11.8 Å². The number of nitrogens with two attached hydrogens (primary N) is 1. The highest BCUT2D eigenvalue weighted by Gasteiger charge is 2.17. The van der Waals surface area contributed by atoms with E-state index in [0.717, 1.165) is 30.3 Å². The van der Waals surface area contributed by atoms with Crippen molar-refractivity contribution < 1.29 is 0 Å². The molecule has 0 saturated heterocycles. The summed E-state index contributed by atoms with van der Waals surface area (Å²) in [6, 6.07) is 12.4. The highest BCUT2D eigenvalue weighted by molar-refractivity contribution is 14.0. The topological polar surface area (TPSA) is 104 Å². The Labute approximate surface area is 189 Å². The molecule has 1 heterocycles. The Hall–Kier alpha value is -2.28. The summed E-state index contributed by atoms with van der Waals surface area (Å²) >= 11 is 0. The fraction of sp³-hybridized carbons (Fsp3) is 0.476. The maximum atomic E-state index is 9.50. The van der Waals surface area contributed by atoms with E-state index < -0.39 is 0 Å². The Morgan fingerprint density at radius 2 is 2.00 bits per heavy atom. The zero-order valence-corrected chi connectivity index (χ0v) is 19.2. The summed E-state index contributed by atoms with van der Waals surface area (Å²) < 4.78 is 1.64. The number of benzene rings is 1. The van der Waals surface area contributed by atoms with Crippen molar-refractivity contribution in [3.63, 3.8) is 0 Å². The van der Waals surface area contributed by atoms with Crippen LogP contribution in [0.2, 0.25) is 0 Å².